The molecule has 0 aromatic rings. The van der Waals surface area contributed by atoms with Gasteiger partial charge in [0.15, 0.2) is 0 Å². The third-order valence-electron chi connectivity index (χ3n) is 2.04. The van der Waals surface area contributed by atoms with Gasteiger partial charge in [-0.15, -0.1) is 0 Å². The van der Waals surface area contributed by atoms with Gasteiger partial charge in [-0.1, -0.05) is 11.4 Å². The molecule has 0 fully saturated rings. The molecule has 0 aliphatic rings. The largest absolute Gasteiger partial charge is 0.468 e. The molecule has 1 atom stereocenters. The van der Waals surface area contributed by atoms with Crippen molar-refractivity contribution in [2.24, 2.45) is 0 Å². The van der Waals surface area contributed by atoms with Crippen molar-refractivity contribution < 1.29 is 23.4 Å². The average Bonchev–Trinajstić information content (AvgIpc) is 2.37. The van der Waals surface area contributed by atoms with Gasteiger partial charge in [0.05, 0.1) is 20.3 Å². The zero-order valence-electron chi connectivity index (χ0n) is 12.2. The summed E-state index contributed by atoms with van der Waals surface area (Å²) >= 11 is 6.43. The summed E-state index contributed by atoms with van der Waals surface area (Å²) in [6.07, 6.45) is -0.0102. The molecule has 0 radical (unpaired) electrons. The topological polar surface area (TPSA) is 73.9 Å². The van der Waals surface area contributed by atoms with Gasteiger partial charge in [-0.25, -0.2) is 0 Å². The summed E-state index contributed by atoms with van der Waals surface area (Å²) in [4.78, 5) is 23.4. The lowest BCUT2D eigenvalue weighted by molar-refractivity contribution is -0.141. The normalized spacial score (nSPS) is 12.8. The number of hydrogen-bond acceptors (Lipinski definition) is 7. The van der Waals surface area contributed by atoms with Gasteiger partial charge in [0.2, 0.25) is 11.6 Å². The molecule has 20 heavy (non-hydrogen) atoms. The number of rotatable bonds is 10. The third kappa shape index (κ3) is 7.59. The molecule has 6 nitrogen and oxygen atoms in total. The van der Waals surface area contributed by atoms with Crippen LogP contribution in [0.25, 0.3) is 0 Å². The second kappa shape index (κ2) is 10.6. The Labute approximate surface area is 129 Å². The maximum absolute atomic E-state index is 11.8. The number of esters is 1. The second-order valence-electron chi connectivity index (χ2n) is 3.56. The van der Waals surface area contributed by atoms with Crippen LogP contribution in [0.3, 0.4) is 0 Å². The maximum Gasteiger partial charge on any atom is 0.319 e. The Morgan fingerprint density at radius 2 is 1.80 bits per heavy atom. The molecule has 1 N–H and O–H groups in total. The number of ether oxygens (including phenoxy) is 1. The van der Waals surface area contributed by atoms with Crippen LogP contribution < -0.4 is 5.32 Å². The summed E-state index contributed by atoms with van der Waals surface area (Å²) in [5.74, 6) is -0.736. The Morgan fingerprint density at radius 1 is 1.25 bits per heavy atom. The first kappa shape index (κ1) is 19.9. The minimum Gasteiger partial charge on any atom is -0.468 e. The van der Waals surface area contributed by atoms with Crippen LogP contribution in [0.4, 0.5) is 0 Å². The smallest absolute Gasteiger partial charge is 0.319 e. The van der Waals surface area contributed by atoms with Crippen LogP contribution in [0.1, 0.15) is 27.2 Å². The first-order chi connectivity index (χ1) is 9.42. The van der Waals surface area contributed by atoms with Crippen LogP contribution in [0.5, 0.6) is 0 Å². The van der Waals surface area contributed by atoms with Crippen molar-refractivity contribution in [3.05, 3.63) is 0 Å². The van der Waals surface area contributed by atoms with Crippen molar-refractivity contribution in [2.75, 3.05) is 26.9 Å². The molecule has 0 bridgehead atoms. The number of carbonyl (C=O) groups excluding carboxylic acids is 2. The second-order valence-corrected chi connectivity index (χ2v) is 9.96. The van der Waals surface area contributed by atoms with E-state index in [1.54, 1.807) is 13.8 Å². The third-order valence-corrected chi connectivity index (χ3v) is 7.64. The fourth-order valence-corrected chi connectivity index (χ4v) is 6.83. The molecule has 0 saturated heterocycles. The van der Waals surface area contributed by atoms with E-state index >= 15 is 0 Å². The Morgan fingerprint density at radius 3 is 2.20 bits per heavy atom. The van der Waals surface area contributed by atoms with E-state index in [2.05, 4.69) is 5.32 Å². The number of carbonyl (C=O) groups is 2. The van der Waals surface area contributed by atoms with Crippen LogP contribution in [0.15, 0.2) is 0 Å². The standard InChI is InChI=1S/C11H22NO5PS2/c1-5-12-10(13)8-9(11(14)15-4)20-18(19,16-6-2)17-7-3/h9H,5-8H2,1-4H3,(H,12,13). The summed E-state index contributed by atoms with van der Waals surface area (Å²) in [5.41, 5.74) is -2.65. The monoisotopic (exact) mass is 343 g/mol. The van der Waals surface area contributed by atoms with Gasteiger partial charge in [0, 0.05) is 13.0 Å². The summed E-state index contributed by atoms with van der Waals surface area (Å²) < 4.78 is 15.6. The molecule has 0 saturated carbocycles. The van der Waals surface area contributed by atoms with Crippen LogP contribution in [-0.2, 0) is 35.2 Å². The molecule has 0 aromatic heterocycles. The van der Waals surface area contributed by atoms with E-state index in [1.165, 1.54) is 7.11 Å². The highest BCUT2D eigenvalue weighted by molar-refractivity contribution is 8.68. The predicted molar refractivity (Wildman–Crippen MR) is 84.2 cm³/mol. The van der Waals surface area contributed by atoms with Crippen molar-refractivity contribution in [2.45, 2.75) is 32.4 Å². The molecule has 1 unspecified atom stereocenters. The van der Waals surface area contributed by atoms with E-state index < -0.39 is 16.9 Å². The molecule has 0 spiro atoms. The highest BCUT2D eigenvalue weighted by atomic mass is 32.9. The molecule has 0 heterocycles. The molecule has 0 rings (SSSR count). The highest BCUT2D eigenvalue weighted by Crippen LogP contribution is 2.63. The van der Waals surface area contributed by atoms with E-state index in [0.29, 0.717) is 19.8 Å². The van der Waals surface area contributed by atoms with Crippen molar-refractivity contribution >= 4 is 40.8 Å². The molecular weight excluding hydrogens is 321 g/mol. The van der Waals surface area contributed by atoms with Gasteiger partial charge >= 0.3 is 5.97 Å². The van der Waals surface area contributed by atoms with Crippen LogP contribution in [-0.4, -0.2) is 44.0 Å². The zero-order valence-corrected chi connectivity index (χ0v) is 14.7. The van der Waals surface area contributed by atoms with E-state index in [0.717, 1.165) is 11.4 Å². The molecule has 1 amide bonds. The number of methoxy groups -OCH3 is 1. The van der Waals surface area contributed by atoms with Crippen LogP contribution >= 0.6 is 17.1 Å². The molecule has 0 aliphatic heterocycles. The van der Waals surface area contributed by atoms with E-state index in [-0.39, 0.29) is 12.3 Å². The minimum atomic E-state index is -2.65. The Bertz CT molecular complexity index is 357. The minimum absolute atomic E-state index is 0.0102. The summed E-state index contributed by atoms with van der Waals surface area (Å²) in [6.45, 7) is 6.69. The SMILES string of the molecule is CCNC(=O)CC(SP(=S)(OCC)OCC)C(=O)OC. The highest BCUT2D eigenvalue weighted by Gasteiger charge is 2.32. The van der Waals surface area contributed by atoms with Crippen LogP contribution in [0.2, 0.25) is 0 Å². The van der Waals surface area contributed by atoms with E-state index in [1.807, 2.05) is 6.92 Å². The van der Waals surface area contributed by atoms with Crippen molar-refractivity contribution in [1.29, 1.82) is 0 Å². The molecule has 9 heteroatoms. The number of hydrogen-bond donors (Lipinski definition) is 1. The van der Waals surface area contributed by atoms with Gasteiger partial charge in [0.1, 0.15) is 5.25 Å². The summed E-state index contributed by atoms with van der Waals surface area (Å²) in [7, 11) is 1.28. The van der Waals surface area contributed by atoms with Gasteiger partial charge in [-0.05, 0) is 32.6 Å². The van der Waals surface area contributed by atoms with E-state index in [9.17, 15) is 9.59 Å². The van der Waals surface area contributed by atoms with Crippen molar-refractivity contribution in [3.63, 3.8) is 0 Å². The fourth-order valence-electron chi connectivity index (χ4n) is 1.30. The van der Waals surface area contributed by atoms with Crippen molar-refractivity contribution in [3.8, 4) is 0 Å². The average molecular weight is 343 g/mol. The first-order valence-corrected chi connectivity index (χ1v) is 10.5. The van der Waals surface area contributed by atoms with Gasteiger partial charge in [-0.2, -0.15) is 0 Å². The quantitative estimate of drug-likeness (QED) is 0.481. The molecular formula is C11H22NO5PS2. The molecule has 118 valence electrons. The number of nitrogens with one attached hydrogen (secondary N) is 1. The lowest BCUT2D eigenvalue weighted by Crippen LogP contribution is -2.30. The first-order valence-electron chi connectivity index (χ1n) is 6.34. The van der Waals surface area contributed by atoms with Gasteiger partial charge < -0.3 is 19.1 Å². The molecule has 0 aromatic carbocycles. The number of amides is 1. The van der Waals surface area contributed by atoms with Crippen molar-refractivity contribution in [1.82, 2.24) is 5.32 Å². The van der Waals surface area contributed by atoms with Gasteiger partial charge in [0.25, 0.3) is 0 Å². The van der Waals surface area contributed by atoms with E-state index in [4.69, 9.17) is 25.6 Å². The van der Waals surface area contributed by atoms with Gasteiger partial charge in [-0.3, -0.25) is 9.59 Å². The predicted octanol–water partition coefficient (Wildman–Crippen LogP) is 2.08. The fraction of sp³-hybridized carbons (Fsp3) is 0.818. The Hall–Kier alpha value is -0.140. The Balaban J connectivity index is 4.89. The van der Waals surface area contributed by atoms with Crippen LogP contribution in [0, 0.1) is 0 Å². The lowest BCUT2D eigenvalue weighted by atomic mass is 10.3. The Kier molecular flexibility index (Phi) is 10.5. The summed E-state index contributed by atoms with van der Waals surface area (Å²) in [5, 5.41) is 1.91. The lowest BCUT2D eigenvalue weighted by Gasteiger charge is -2.23. The maximum atomic E-state index is 11.8. The molecule has 0 aliphatic carbocycles. The zero-order chi connectivity index (χ0) is 15.6. The summed E-state index contributed by atoms with van der Waals surface area (Å²) in [6, 6.07) is 0.